The van der Waals surface area contributed by atoms with Crippen molar-refractivity contribution in [1.29, 1.82) is 0 Å². The first-order valence-electron chi connectivity index (χ1n) is 6.01. The van der Waals surface area contributed by atoms with Crippen LogP contribution in [0.3, 0.4) is 0 Å². The number of carbonyl (C=O) groups is 1. The van der Waals surface area contributed by atoms with Crippen molar-refractivity contribution in [3.05, 3.63) is 36.2 Å². The lowest BCUT2D eigenvalue weighted by atomic mass is 10.2. The van der Waals surface area contributed by atoms with E-state index in [0.29, 0.717) is 12.1 Å². The SMILES string of the molecule is CCNCCNC(=O)c1ccc2nccnc2c1. The van der Waals surface area contributed by atoms with Crippen molar-refractivity contribution in [2.24, 2.45) is 0 Å². The summed E-state index contributed by atoms with van der Waals surface area (Å²) in [6.07, 6.45) is 3.26. The molecule has 5 heteroatoms. The Labute approximate surface area is 106 Å². The van der Waals surface area contributed by atoms with Crippen molar-refractivity contribution in [3.8, 4) is 0 Å². The van der Waals surface area contributed by atoms with Crippen molar-refractivity contribution in [2.75, 3.05) is 19.6 Å². The summed E-state index contributed by atoms with van der Waals surface area (Å²) in [7, 11) is 0. The molecule has 1 amide bonds. The van der Waals surface area contributed by atoms with E-state index < -0.39 is 0 Å². The Hall–Kier alpha value is -2.01. The summed E-state index contributed by atoms with van der Waals surface area (Å²) in [5.41, 5.74) is 2.14. The zero-order chi connectivity index (χ0) is 12.8. The Morgan fingerprint density at radius 1 is 1.17 bits per heavy atom. The lowest BCUT2D eigenvalue weighted by molar-refractivity contribution is 0.0954. The number of benzene rings is 1. The van der Waals surface area contributed by atoms with Gasteiger partial charge in [0.05, 0.1) is 11.0 Å². The number of fused-ring (bicyclic) bond motifs is 1. The van der Waals surface area contributed by atoms with Crippen molar-refractivity contribution in [1.82, 2.24) is 20.6 Å². The molecule has 0 saturated carbocycles. The third-order valence-electron chi connectivity index (χ3n) is 2.57. The van der Waals surface area contributed by atoms with Crippen molar-refractivity contribution in [2.45, 2.75) is 6.92 Å². The molecule has 1 aromatic heterocycles. The van der Waals surface area contributed by atoms with Gasteiger partial charge in [0, 0.05) is 31.0 Å². The minimum absolute atomic E-state index is 0.0829. The van der Waals surface area contributed by atoms with Crippen LogP contribution in [-0.4, -0.2) is 35.5 Å². The summed E-state index contributed by atoms with van der Waals surface area (Å²) in [5.74, 6) is -0.0829. The van der Waals surface area contributed by atoms with Gasteiger partial charge in [-0.15, -0.1) is 0 Å². The molecule has 18 heavy (non-hydrogen) atoms. The van der Waals surface area contributed by atoms with Crippen LogP contribution in [0.25, 0.3) is 11.0 Å². The van der Waals surface area contributed by atoms with Crippen LogP contribution in [0.2, 0.25) is 0 Å². The minimum atomic E-state index is -0.0829. The number of amides is 1. The molecule has 5 nitrogen and oxygen atoms in total. The summed E-state index contributed by atoms with van der Waals surface area (Å²) >= 11 is 0. The highest BCUT2D eigenvalue weighted by Gasteiger charge is 2.06. The molecule has 0 aliphatic rings. The van der Waals surface area contributed by atoms with Crippen LogP contribution >= 0.6 is 0 Å². The maximum atomic E-state index is 11.9. The molecule has 0 spiro atoms. The van der Waals surface area contributed by atoms with Gasteiger partial charge in [-0.05, 0) is 24.7 Å². The standard InChI is InChI=1S/C13H16N4O/c1-2-14-5-6-17-13(18)10-3-4-11-12(9-10)16-8-7-15-11/h3-4,7-9,14H,2,5-6H2,1H3,(H,17,18). The molecular formula is C13H16N4O. The maximum Gasteiger partial charge on any atom is 0.251 e. The zero-order valence-electron chi connectivity index (χ0n) is 10.3. The molecule has 94 valence electrons. The van der Waals surface area contributed by atoms with Gasteiger partial charge in [0.2, 0.25) is 0 Å². The van der Waals surface area contributed by atoms with Crippen LogP contribution in [0.4, 0.5) is 0 Å². The molecule has 0 aliphatic carbocycles. The molecule has 0 fully saturated rings. The highest BCUT2D eigenvalue weighted by molar-refractivity contribution is 5.97. The molecule has 2 N–H and O–H groups in total. The Balaban J connectivity index is 2.04. The van der Waals surface area contributed by atoms with E-state index >= 15 is 0 Å². The van der Waals surface area contributed by atoms with Gasteiger partial charge in [0.1, 0.15) is 0 Å². The van der Waals surface area contributed by atoms with E-state index in [1.807, 2.05) is 13.0 Å². The second kappa shape index (κ2) is 6.07. The number of rotatable bonds is 5. The van der Waals surface area contributed by atoms with Crippen LogP contribution in [0.1, 0.15) is 17.3 Å². The minimum Gasteiger partial charge on any atom is -0.351 e. The quantitative estimate of drug-likeness (QED) is 0.769. The first kappa shape index (κ1) is 12.4. The average Bonchev–Trinajstić information content (AvgIpc) is 2.43. The molecular weight excluding hydrogens is 228 g/mol. The van der Waals surface area contributed by atoms with E-state index in [9.17, 15) is 4.79 Å². The van der Waals surface area contributed by atoms with E-state index in [2.05, 4.69) is 20.6 Å². The van der Waals surface area contributed by atoms with Crippen LogP contribution in [0.15, 0.2) is 30.6 Å². The molecule has 0 aliphatic heterocycles. The molecule has 1 heterocycles. The molecule has 2 rings (SSSR count). The van der Waals surface area contributed by atoms with E-state index in [-0.39, 0.29) is 5.91 Å². The van der Waals surface area contributed by atoms with Crippen molar-refractivity contribution in [3.63, 3.8) is 0 Å². The number of hydrogen-bond acceptors (Lipinski definition) is 4. The predicted octanol–water partition coefficient (Wildman–Crippen LogP) is 0.969. The number of carbonyl (C=O) groups excluding carboxylic acids is 1. The van der Waals surface area contributed by atoms with Gasteiger partial charge in [-0.1, -0.05) is 6.92 Å². The fraction of sp³-hybridized carbons (Fsp3) is 0.308. The molecule has 0 unspecified atom stereocenters. The maximum absolute atomic E-state index is 11.9. The fourth-order valence-corrected chi connectivity index (χ4v) is 1.65. The second-order valence-corrected chi connectivity index (χ2v) is 3.87. The Bertz CT molecular complexity index is 541. The monoisotopic (exact) mass is 244 g/mol. The van der Waals surface area contributed by atoms with Crippen molar-refractivity contribution < 1.29 is 4.79 Å². The van der Waals surface area contributed by atoms with E-state index in [0.717, 1.165) is 24.1 Å². The van der Waals surface area contributed by atoms with Gasteiger partial charge < -0.3 is 10.6 Å². The van der Waals surface area contributed by atoms with Gasteiger partial charge in [0.15, 0.2) is 0 Å². The normalized spacial score (nSPS) is 10.5. The van der Waals surface area contributed by atoms with E-state index in [1.54, 1.807) is 24.5 Å². The molecule has 0 radical (unpaired) electrons. The van der Waals surface area contributed by atoms with Crippen LogP contribution in [0, 0.1) is 0 Å². The third-order valence-corrected chi connectivity index (χ3v) is 2.57. The summed E-state index contributed by atoms with van der Waals surface area (Å²) in [6, 6.07) is 5.33. The number of hydrogen-bond donors (Lipinski definition) is 2. The Morgan fingerprint density at radius 2 is 1.94 bits per heavy atom. The van der Waals surface area contributed by atoms with Gasteiger partial charge in [-0.25, -0.2) is 0 Å². The van der Waals surface area contributed by atoms with Crippen LogP contribution in [0.5, 0.6) is 0 Å². The molecule has 0 bridgehead atoms. The average molecular weight is 244 g/mol. The number of likely N-dealkylation sites (N-methyl/N-ethyl adjacent to an activating group) is 1. The highest BCUT2D eigenvalue weighted by Crippen LogP contribution is 2.10. The van der Waals surface area contributed by atoms with Gasteiger partial charge in [0.25, 0.3) is 5.91 Å². The van der Waals surface area contributed by atoms with Crippen LogP contribution < -0.4 is 10.6 Å². The van der Waals surface area contributed by atoms with Crippen LogP contribution in [-0.2, 0) is 0 Å². The lowest BCUT2D eigenvalue weighted by Crippen LogP contribution is -2.31. The Morgan fingerprint density at radius 3 is 2.72 bits per heavy atom. The molecule has 2 aromatic rings. The largest absolute Gasteiger partial charge is 0.351 e. The number of nitrogens with one attached hydrogen (secondary N) is 2. The van der Waals surface area contributed by atoms with Gasteiger partial charge in [-0.2, -0.15) is 0 Å². The fourth-order valence-electron chi connectivity index (χ4n) is 1.65. The summed E-state index contributed by atoms with van der Waals surface area (Å²) in [6.45, 7) is 4.33. The molecule has 0 atom stereocenters. The number of aromatic nitrogens is 2. The highest BCUT2D eigenvalue weighted by atomic mass is 16.1. The first-order chi connectivity index (χ1) is 8.81. The van der Waals surface area contributed by atoms with Crippen molar-refractivity contribution >= 4 is 16.9 Å². The zero-order valence-corrected chi connectivity index (χ0v) is 10.3. The molecule has 1 aromatic carbocycles. The second-order valence-electron chi connectivity index (χ2n) is 3.87. The summed E-state index contributed by atoms with van der Waals surface area (Å²) in [4.78, 5) is 20.2. The predicted molar refractivity (Wildman–Crippen MR) is 70.4 cm³/mol. The van der Waals surface area contributed by atoms with Gasteiger partial charge >= 0.3 is 0 Å². The first-order valence-corrected chi connectivity index (χ1v) is 6.01. The summed E-state index contributed by atoms with van der Waals surface area (Å²) < 4.78 is 0. The van der Waals surface area contributed by atoms with E-state index in [4.69, 9.17) is 0 Å². The number of nitrogens with zero attached hydrogens (tertiary/aromatic N) is 2. The topological polar surface area (TPSA) is 66.9 Å². The third kappa shape index (κ3) is 3.01. The molecule has 0 saturated heterocycles. The van der Waals surface area contributed by atoms with E-state index in [1.165, 1.54) is 0 Å². The van der Waals surface area contributed by atoms with Gasteiger partial charge in [-0.3, -0.25) is 14.8 Å². The smallest absolute Gasteiger partial charge is 0.251 e. The Kier molecular flexibility index (Phi) is 4.20. The lowest BCUT2D eigenvalue weighted by Gasteiger charge is -2.06. The summed E-state index contributed by atoms with van der Waals surface area (Å²) in [5, 5.41) is 6.00.